The SMILES string of the molecule is O=C1CCC(N2C(=O)c3cccc(NC(=O)CCCCCOCCOCCOCCOCCOCCOCCOCCN4C(=O)C=CC4=O)c3C2=O)C(=O)N1. The lowest BCUT2D eigenvalue weighted by Crippen LogP contribution is -2.54. The molecular weight excluding hydrogens is 724 g/mol. The fourth-order valence-corrected chi connectivity index (χ4v) is 5.73. The molecule has 0 saturated carbocycles. The van der Waals surface area contributed by atoms with Gasteiger partial charge in [0.15, 0.2) is 0 Å². The molecule has 1 fully saturated rings. The first-order valence-electron chi connectivity index (χ1n) is 18.5. The van der Waals surface area contributed by atoms with Crippen molar-refractivity contribution in [2.24, 2.45) is 0 Å². The van der Waals surface area contributed by atoms with E-state index >= 15 is 0 Å². The van der Waals surface area contributed by atoms with E-state index in [1.165, 1.54) is 18.2 Å². The summed E-state index contributed by atoms with van der Waals surface area (Å²) in [4.78, 5) is 87.4. The van der Waals surface area contributed by atoms with E-state index in [9.17, 15) is 33.6 Å². The summed E-state index contributed by atoms with van der Waals surface area (Å²) in [5.41, 5.74) is 0.365. The summed E-state index contributed by atoms with van der Waals surface area (Å²) in [6.07, 6.45) is 4.90. The molecule has 3 aliphatic heterocycles. The van der Waals surface area contributed by atoms with Crippen LogP contribution in [0.5, 0.6) is 0 Å². The molecule has 55 heavy (non-hydrogen) atoms. The van der Waals surface area contributed by atoms with Crippen LogP contribution < -0.4 is 10.6 Å². The van der Waals surface area contributed by atoms with Gasteiger partial charge in [-0.15, -0.1) is 0 Å². The van der Waals surface area contributed by atoms with Crippen LogP contribution >= 0.6 is 0 Å². The Bertz CT molecular complexity index is 1500. The monoisotopic (exact) mass is 774 g/mol. The molecule has 2 N–H and O–H groups in total. The van der Waals surface area contributed by atoms with Crippen molar-refractivity contribution in [2.45, 2.75) is 44.6 Å². The Balaban J connectivity index is 0.878. The van der Waals surface area contributed by atoms with E-state index < -0.39 is 29.7 Å². The number of piperidine rings is 1. The van der Waals surface area contributed by atoms with Crippen LogP contribution in [-0.2, 0) is 57.1 Å². The van der Waals surface area contributed by atoms with Crippen molar-refractivity contribution < 1.29 is 66.7 Å². The van der Waals surface area contributed by atoms with E-state index in [1.54, 1.807) is 12.1 Å². The number of nitrogens with one attached hydrogen (secondary N) is 2. The maximum atomic E-state index is 13.2. The van der Waals surface area contributed by atoms with Gasteiger partial charge >= 0.3 is 0 Å². The van der Waals surface area contributed by atoms with E-state index in [0.717, 1.165) is 22.6 Å². The smallest absolute Gasteiger partial charge is 0.264 e. The molecule has 1 atom stereocenters. The Labute approximate surface area is 319 Å². The van der Waals surface area contributed by atoms with Gasteiger partial charge < -0.3 is 38.5 Å². The van der Waals surface area contributed by atoms with Crippen molar-refractivity contribution >= 4 is 47.0 Å². The Morgan fingerprint density at radius 2 is 1.18 bits per heavy atom. The summed E-state index contributed by atoms with van der Waals surface area (Å²) in [5, 5.41) is 4.89. The maximum absolute atomic E-state index is 13.2. The van der Waals surface area contributed by atoms with Crippen molar-refractivity contribution in [1.82, 2.24) is 15.1 Å². The maximum Gasteiger partial charge on any atom is 0.264 e. The van der Waals surface area contributed by atoms with E-state index in [2.05, 4.69) is 10.6 Å². The van der Waals surface area contributed by atoms with Crippen LogP contribution in [0.15, 0.2) is 30.4 Å². The standard InChI is InChI=1S/C37H50N4O14/c42-30(38-28-6-4-5-27-34(28)37(48)41(36(27)47)29-8-9-31(43)39-35(29)46)7-2-1-3-13-49-15-17-51-19-21-53-23-25-55-26-24-54-22-20-52-18-16-50-14-12-40-32(44)10-11-33(40)45/h4-6,10-11,29H,1-3,7-9,12-26H2,(H,38,42)(H,39,43,46). The third-order valence-corrected chi connectivity index (χ3v) is 8.53. The molecule has 1 aromatic rings. The molecular formula is C37H50N4O14. The number of anilines is 1. The Kier molecular flexibility index (Phi) is 19.0. The second kappa shape index (κ2) is 24.2. The highest BCUT2D eigenvalue weighted by atomic mass is 16.6. The molecule has 4 rings (SSSR count). The van der Waals surface area contributed by atoms with Crippen LogP contribution in [0.2, 0.25) is 0 Å². The molecule has 0 radical (unpaired) electrons. The highest BCUT2D eigenvalue weighted by molar-refractivity contribution is 6.26. The molecule has 302 valence electrons. The normalized spacial score (nSPS) is 16.8. The van der Waals surface area contributed by atoms with Gasteiger partial charge in [-0.2, -0.15) is 0 Å². The molecule has 3 heterocycles. The largest absolute Gasteiger partial charge is 0.379 e. The van der Waals surface area contributed by atoms with Crippen molar-refractivity contribution in [3.8, 4) is 0 Å². The highest BCUT2D eigenvalue weighted by Crippen LogP contribution is 2.32. The van der Waals surface area contributed by atoms with Crippen LogP contribution in [0.25, 0.3) is 0 Å². The number of hydrogen-bond acceptors (Lipinski definition) is 14. The van der Waals surface area contributed by atoms with Crippen LogP contribution in [0, 0.1) is 0 Å². The summed E-state index contributed by atoms with van der Waals surface area (Å²) in [6.45, 7) is 6.06. The Morgan fingerprint density at radius 3 is 1.73 bits per heavy atom. The fraction of sp³-hybridized carbons (Fsp3) is 0.595. The molecule has 0 aliphatic carbocycles. The van der Waals surface area contributed by atoms with Gasteiger partial charge in [-0.3, -0.25) is 48.7 Å². The van der Waals surface area contributed by atoms with Crippen molar-refractivity contribution in [3.63, 3.8) is 0 Å². The number of benzene rings is 1. The molecule has 0 aromatic heterocycles. The number of fused-ring (bicyclic) bond motifs is 1. The average molecular weight is 775 g/mol. The van der Waals surface area contributed by atoms with Gasteiger partial charge in [0, 0.05) is 31.6 Å². The zero-order valence-electron chi connectivity index (χ0n) is 30.9. The van der Waals surface area contributed by atoms with E-state index in [1.807, 2.05) is 0 Å². The van der Waals surface area contributed by atoms with E-state index in [0.29, 0.717) is 92.3 Å². The molecule has 1 unspecified atom stereocenters. The van der Waals surface area contributed by atoms with Gasteiger partial charge in [0.05, 0.1) is 109 Å². The number of amides is 7. The third-order valence-electron chi connectivity index (χ3n) is 8.53. The molecule has 18 heteroatoms. The number of carbonyl (C=O) groups excluding carboxylic acids is 7. The second-order valence-electron chi connectivity index (χ2n) is 12.5. The van der Waals surface area contributed by atoms with E-state index in [4.69, 9.17) is 33.2 Å². The molecule has 1 saturated heterocycles. The van der Waals surface area contributed by atoms with Crippen LogP contribution in [0.4, 0.5) is 5.69 Å². The highest BCUT2D eigenvalue weighted by Gasteiger charge is 2.45. The zero-order chi connectivity index (χ0) is 39.3. The minimum Gasteiger partial charge on any atom is -0.379 e. The van der Waals surface area contributed by atoms with Gasteiger partial charge in [-0.1, -0.05) is 12.5 Å². The number of nitrogens with zero attached hydrogens (tertiary/aromatic N) is 2. The van der Waals surface area contributed by atoms with Crippen molar-refractivity contribution in [2.75, 3.05) is 104 Å². The average Bonchev–Trinajstić information content (AvgIpc) is 3.62. The number of unbranched alkanes of at least 4 members (excludes halogenated alkanes) is 2. The number of imide groups is 3. The van der Waals surface area contributed by atoms with Gasteiger partial charge in [0.25, 0.3) is 23.6 Å². The predicted octanol–water partition coefficient (Wildman–Crippen LogP) is 0.628. The molecule has 1 aromatic carbocycles. The van der Waals surface area contributed by atoms with E-state index in [-0.39, 0.29) is 66.9 Å². The summed E-state index contributed by atoms with van der Waals surface area (Å²) >= 11 is 0. The summed E-state index contributed by atoms with van der Waals surface area (Å²) in [6, 6.07) is 3.51. The van der Waals surface area contributed by atoms with Crippen LogP contribution in [-0.4, -0.2) is 156 Å². The van der Waals surface area contributed by atoms with Gasteiger partial charge in [-0.25, -0.2) is 0 Å². The lowest BCUT2D eigenvalue weighted by atomic mass is 10.0. The molecule has 0 spiro atoms. The molecule has 18 nitrogen and oxygen atoms in total. The topological polar surface area (TPSA) is 215 Å². The number of hydrogen-bond donors (Lipinski definition) is 2. The first kappa shape index (κ1) is 43.3. The zero-order valence-corrected chi connectivity index (χ0v) is 30.9. The number of rotatable bonds is 29. The van der Waals surface area contributed by atoms with Crippen LogP contribution in [0.1, 0.15) is 59.2 Å². The minimum absolute atomic E-state index is 0.0241. The minimum atomic E-state index is -1.08. The van der Waals surface area contributed by atoms with Crippen molar-refractivity contribution in [1.29, 1.82) is 0 Å². The number of carbonyl (C=O) groups is 7. The van der Waals surface area contributed by atoms with Gasteiger partial charge in [0.1, 0.15) is 6.04 Å². The predicted molar refractivity (Wildman–Crippen MR) is 192 cm³/mol. The molecule has 7 amide bonds. The third kappa shape index (κ3) is 14.3. The number of ether oxygens (including phenoxy) is 7. The quantitative estimate of drug-likeness (QED) is 0.0844. The molecule has 3 aliphatic rings. The lowest BCUT2D eigenvalue weighted by Gasteiger charge is -2.27. The first-order chi connectivity index (χ1) is 26.8. The fourth-order valence-electron chi connectivity index (χ4n) is 5.73. The van der Waals surface area contributed by atoms with Gasteiger partial charge in [-0.05, 0) is 31.4 Å². The first-order valence-corrected chi connectivity index (χ1v) is 18.5. The van der Waals surface area contributed by atoms with Crippen LogP contribution in [0.3, 0.4) is 0 Å². The lowest BCUT2D eigenvalue weighted by molar-refractivity contribution is -0.138. The molecule has 0 bridgehead atoms. The Morgan fingerprint density at radius 1 is 0.655 bits per heavy atom. The van der Waals surface area contributed by atoms with Gasteiger partial charge in [0.2, 0.25) is 17.7 Å². The van der Waals surface area contributed by atoms with Crippen molar-refractivity contribution in [3.05, 3.63) is 41.5 Å². The summed E-state index contributed by atoms with van der Waals surface area (Å²) in [5.74, 6) is -3.39. The Hall–Kier alpha value is -4.43. The summed E-state index contributed by atoms with van der Waals surface area (Å²) in [7, 11) is 0. The summed E-state index contributed by atoms with van der Waals surface area (Å²) < 4.78 is 38.2. The second-order valence-corrected chi connectivity index (χ2v) is 12.5.